The molecular weight excluding hydrogens is 478 g/mol. The summed E-state index contributed by atoms with van der Waals surface area (Å²) in [6, 6.07) is 17.7. The molecule has 0 bridgehead atoms. The predicted molar refractivity (Wildman–Crippen MR) is 141 cm³/mol. The minimum Gasteiger partial charge on any atom is -0.338 e. The molecule has 182 valence electrons. The highest BCUT2D eigenvalue weighted by Gasteiger charge is 2.38. The van der Waals surface area contributed by atoms with Crippen molar-refractivity contribution in [1.82, 2.24) is 14.7 Å². The highest BCUT2D eigenvalue weighted by atomic mass is 35.5. The van der Waals surface area contributed by atoms with Crippen LogP contribution in [-0.2, 0) is 11.2 Å². The van der Waals surface area contributed by atoms with Gasteiger partial charge in [0.2, 0.25) is 5.91 Å². The van der Waals surface area contributed by atoms with Gasteiger partial charge in [0.15, 0.2) is 0 Å². The van der Waals surface area contributed by atoms with Gasteiger partial charge in [-0.15, -0.1) is 11.3 Å². The van der Waals surface area contributed by atoms with E-state index in [9.17, 15) is 9.59 Å². The van der Waals surface area contributed by atoms with Gasteiger partial charge in [0.05, 0.1) is 22.7 Å². The minimum absolute atomic E-state index is 0.0728. The predicted octanol–water partition coefficient (Wildman–Crippen LogP) is 5.03. The molecule has 0 spiro atoms. The van der Waals surface area contributed by atoms with Crippen molar-refractivity contribution in [2.24, 2.45) is 0 Å². The molecule has 2 unspecified atom stereocenters. The van der Waals surface area contributed by atoms with Gasteiger partial charge in [-0.1, -0.05) is 48.0 Å². The Morgan fingerprint density at radius 3 is 2.34 bits per heavy atom. The SMILES string of the molecule is Cc1ccccc1C1c2ccsc2CCN1C(C)C(=O)N1CCN(C(=O)c2ccccc2Cl)CC1. The number of amides is 2. The number of hydrogen-bond acceptors (Lipinski definition) is 4. The first kappa shape index (κ1) is 24.0. The maximum absolute atomic E-state index is 13.7. The third-order valence-corrected chi connectivity index (χ3v) is 8.65. The standard InChI is InChI=1S/C28H30ClN3O2S/c1-19-7-3-4-8-21(19)26-23-12-18-35-25(23)11-13-32(26)20(2)27(33)30-14-16-31(17-15-30)28(34)22-9-5-6-10-24(22)29/h3-10,12,18,20,26H,11,13-17H2,1-2H3. The van der Waals surface area contributed by atoms with Crippen molar-refractivity contribution in [2.75, 3.05) is 32.7 Å². The molecule has 0 saturated carbocycles. The van der Waals surface area contributed by atoms with Gasteiger partial charge in [-0.25, -0.2) is 0 Å². The summed E-state index contributed by atoms with van der Waals surface area (Å²) in [6.07, 6.45) is 0.965. The molecule has 2 atom stereocenters. The molecule has 0 aliphatic carbocycles. The number of benzene rings is 2. The normalized spacial score (nSPS) is 19.3. The van der Waals surface area contributed by atoms with Gasteiger partial charge in [0.25, 0.3) is 5.91 Å². The van der Waals surface area contributed by atoms with Crippen LogP contribution >= 0.6 is 22.9 Å². The van der Waals surface area contributed by atoms with Crippen molar-refractivity contribution in [3.05, 3.63) is 92.1 Å². The van der Waals surface area contributed by atoms with Crippen LogP contribution in [0, 0.1) is 6.92 Å². The van der Waals surface area contributed by atoms with Crippen LogP contribution in [0.4, 0.5) is 0 Å². The zero-order valence-corrected chi connectivity index (χ0v) is 21.7. The summed E-state index contributed by atoms with van der Waals surface area (Å²) < 4.78 is 0. The summed E-state index contributed by atoms with van der Waals surface area (Å²) >= 11 is 8.04. The van der Waals surface area contributed by atoms with E-state index in [-0.39, 0.29) is 23.9 Å². The molecule has 0 N–H and O–H groups in total. The quantitative estimate of drug-likeness (QED) is 0.497. The fourth-order valence-corrected chi connectivity index (χ4v) is 6.45. The molecule has 1 fully saturated rings. The summed E-state index contributed by atoms with van der Waals surface area (Å²) in [7, 11) is 0. The highest BCUT2D eigenvalue weighted by molar-refractivity contribution is 7.10. The fraction of sp³-hybridized carbons (Fsp3) is 0.357. The average molecular weight is 508 g/mol. The number of carbonyl (C=O) groups is 2. The largest absolute Gasteiger partial charge is 0.338 e. The zero-order chi connectivity index (χ0) is 24.5. The number of rotatable bonds is 4. The highest BCUT2D eigenvalue weighted by Crippen LogP contribution is 2.40. The van der Waals surface area contributed by atoms with Crippen LogP contribution in [0.1, 0.15) is 44.9 Å². The molecule has 3 heterocycles. The van der Waals surface area contributed by atoms with E-state index < -0.39 is 0 Å². The van der Waals surface area contributed by atoms with Crippen molar-refractivity contribution >= 4 is 34.8 Å². The van der Waals surface area contributed by atoms with Gasteiger partial charge in [-0.05, 0) is 60.5 Å². The number of carbonyl (C=O) groups excluding carboxylic acids is 2. The number of aryl methyl sites for hydroxylation is 1. The lowest BCUT2D eigenvalue weighted by Gasteiger charge is -2.43. The van der Waals surface area contributed by atoms with Crippen LogP contribution in [0.2, 0.25) is 5.02 Å². The Hall–Kier alpha value is -2.67. The molecule has 1 saturated heterocycles. The molecule has 1 aromatic heterocycles. The Labute approximate surface area is 215 Å². The molecule has 7 heteroatoms. The van der Waals surface area contributed by atoms with Crippen molar-refractivity contribution < 1.29 is 9.59 Å². The number of thiophene rings is 1. The van der Waals surface area contributed by atoms with Gasteiger partial charge in [-0.2, -0.15) is 0 Å². The monoisotopic (exact) mass is 507 g/mol. The summed E-state index contributed by atoms with van der Waals surface area (Å²) in [6.45, 7) is 7.13. The van der Waals surface area contributed by atoms with Crippen LogP contribution < -0.4 is 0 Å². The van der Waals surface area contributed by atoms with Crippen molar-refractivity contribution in [2.45, 2.75) is 32.4 Å². The second-order valence-electron chi connectivity index (χ2n) is 9.32. The van der Waals surface area contributed by atoms with Crippen LogP contribution in [-0.4, -0.2) is 65.3 Å². The molecular formula is C28H30ClN3O2S. The lowest BCUT2D eigenvalue weighted by Crippen LogP contribution is -2.56. The van der Waals surface area contributed by atoms with Crippen molar-refractivity contribution in [1.29, 1.82) is 0 Å². The zero-order valence-electron chi connectivity index (χ0n) is 20.1. The van der Waals surface area contributed by atoms with E-state index in [0.29, 0.717) is 36.8 Å². The van der Waals surface area contributed by atoms with E-state index in [2.05, 4.69) is 47.5 Å². The Bertz CT molecular complexity index is 1230. The second kappa shape index (κ2) is 10.1. The van der Waals surface area contributed by atoms with Crippen molar-refractivity contribution in [3.63, 3.8) is 0 Å². The number of nitrogens with zero attached hydrogens (tertiary/aromatic N) is 3. The molecule has 5 rings (SSSR count). The molecule has 2 amide bonds. The first-order chi connectivity index (χ1) is 17.0. The van der Waals surface area contributed by atoms with Gasteiger partial charge < -0.3 is 9.80 Å². The molecule has 0 radical (unpaired) electrons. The molecule has 2 aliphatic rings. The molecule has 3 aromatic rings. The van der Waals surface area contributed by atoms with Crippen LogP contribution in [0.25, 0.3) is 0 Å². The number of fused-ring (bicyclic) bond motifs is 1. The molecule has 2 aromatic carbocycles. The Kier molecular flexibility index (Phi) is 6.96. The van der Waals surface area contributed by atoms with E-state index >= 15 is 0 Å². The average Bonchev–Trinajstić information content (AvgIpc) is 3.37. The Morgan fingerprint density at radius 1 is 0.914 bits per heavy atom. The van der Waals surface area contributed by atoms with Crippen LogP contribution in [0.15, 0.2) is 60.0 Å². The lowest BCUT2D eigenvalue weighted by atomic mass is 9.89. The van der Waals surface area contributed by atoms with Gasteiger partial charge >= 0.3 is 0 Å². The van der Waals surface area contributed by atoms with E-state index in [0.717, 1.165) is 13.0 Å². The van der Waals surface area contributed by atoms with E-state index in [1.165, 1.54) is 21.6 Å². The van der Waals surface area contributed by atoms with E-state index in [1.807, 2.05) is 35.3 Å². The van der Waals surface area contributed by atoms with Crippen molar-refractivity contribution in [3.8, 4) is 0 Å². The maximum Gasteiger partial charge on any atom is 0.255 e. The molecule has 2 aliphatic heterocycles. The topological polar surface area (TPSA) is 43.9 Å². The van der Waals surface area contributed by atoms with Crippen LogP contribution in [0.3, 0.4) is 0 Å². The third kappa shape index (κ3) is 4.63. The second-order valence-corrected chi connectivity index (χ2v) is 10.7. The summed E-state index contributed by atoms with van der Waals surface area (Å²) in [5.41, 5.74) is 4.35. The Morgan fingerprint density at radius 2 is 1.60 bits per heavy atom. The first-order valence-electron chi connectivity index (χ1n) is 12.2. The van der Waals surface area contributed by atoms with Gasteiger partial charge in [-0.3, -0.25) is 14.5 Å². The molecule has 5 nitrogen and oxygen atoms in total. The lowest BCUT2D eigenvalue weighted by molar-refractivity contribution is -0.138. The number of halogens is 1. The minimum atomic E-state index is -0.251. The third-order valence-electron chi connectivity index (χ3n) is 7.32. The van der Waals surface area contributed by atoms with Crippen LogP contribution in [0.5, 0.6) is 0 Å². The first-order valence-corrected chi connectivity index (χ1v) is 13.4. The number of hydrogen-bond donors (Lipinski definition) is 0. The smallest absolute Gasteiger partial charge is 0.255 e. The van der Waals surface area contributed by atoms with Gasteiger partial charge in [0, 0.05) is 37.6 Å². The number of piperazine rings is 1. The Balaban J connectivity index is 1.31. The van der Waals surface area contributed by atoms with Gasteiger partial charge in [0.1, 0.15) is 0 Å². The summed E-state index contributed by atoms with van der Waals surface area (Å²) in [5.74, 6) is 0.0588. The van der Waals surface area contributed by atoms with E-state index in [1.54, 1.807) is 17.0 Å². The fourth-order valence-electron chi connectivity index (χ4n) is 5.33. The van der Waals surface area contributed by atoms with E-state index in [4.69, 9.17) is 11.6 Å². The molecule has 35 heavy (non-hydrogen) atoms. The summed E-state index contributed by atoms with van der Waals surface area (Å²) in [4.78, 5) is 34.1. The maximum atomic E-state index is 13.7. The summed E-state index contributed by atoms with van der Waals surface area (Å²) in [5, 5.41) is 2.63.